The van der Waals surface area contributed by atoms with E-state index in [0.29, 0.717) is 0 Å². The van der Waals surface area contributed by atoms with Gasteiger partial charge in [-0.15, -0.1) is 0 Å². The third-order valence-corrected chi connectivity index (χ3v) is 1.92. The molecule has 0 saturated carbocycles. The highest BCUT2D eigenvalue weighted by molar-refractivity contribution is 5.95. The molecule has 0 aromatic rings. The Morgan fingerprint density at radius 3 is 1.73 bits per heavy atom. The second kappa shape index (κ2) is 7.23. The van der Waals surface area contributed by atoms with Crippen LogP contribution in [0.15, 0.2) is 0 Å². The van der Waals surface area contributed by atoms with Crippen molar-refractivity contribution in [2.45, 2.75) is 26.9 Å². The first-order chi connectivity index (χ1) is 7.08. The number of rotatable bonds is 6. The Kier molecular flexibility index (Phi) is 6.70. The van der Waals surface area contributed by atoms with Crippen molar-refractivity contribution in [2.24, 2.45) is 5.92 Å². The fraction of sp³-hybridized carbons (Fsp3) is 0.800. The van der Waals surface area contributed by atoms with Gasteiger partial charge in [0.1, 0.15) is 0 Å². The fourth-order valence-corrected chi connectivity index (χ4v) is 1.08. The zero-order chi connectivity index (χ0) is 11.8. The van der Waals surface area contributed by atoms with Gasteiger partial charge in [-0.3, -0.25) is 9.59 Å². The van der Waals surface area contributed by atoms with Crippen LogP contribution in [0, 0.1) is 5.92 Å². The second-order valence-corrected chi connectivity index (χ2v) is 2.92. The molecule has 0 aliphatic heterocycles. The molecule has 0 heterocycles. The first-order valence-corrected chi connectivity index (χ1v) is 4.94. The number of carbonyl (C=O) groups excluding carboxylic acids is 2. The molecule has 0 aromatic carbocycles. The summed E-state index contributed by atoms with van der Waals surface area (Å²) in [7, 11) is 1.43. The molecule has 0 aliphatic carbocycles. The molecule has 0 aromatic heterocycles. The first kappa shape index (κ1) is 13.9. The zero-order valence-corrected chi connectivity index (χ0v) is 9.61. The van der Waals surface area contributed by atoms with Crippen molar-refractivity contribution in [3.8, 4) is 0 Å². The summed E-state index contributed by atoms with van der Waals surface area (Å²) in [5.74, 6) is -2.22. The summed E-state index contributed by atoms with van der Waals surface area (Å²) in [5.41, 5.74) is 0. The predicted molar refractivity (Wildman–Crippen MR) is 53.2 cm³/mol. The predicted octanol–water partition coefficient (Wildman–Crippen LogP) is 0.764. The van der Waals surface area contributed by atoms with Crippen LogP contribution < -0.4 is 0 Å². The molecule has 5 heteroatoms. The van der Waals surface area contributed by atoms with Crippen molar-refractivity contribution in [3.05, 3.63) is 0 Å². The number of esters is 2. The van der Waals surface area contributed by atoms with E-state index >= 15 is 0 Å². The van der Waals surface area contributed by atoms with E-state index < -0.39 is 24.0 Å². The molecule has 0 aliphatic rings. The lowest BCUT2D eigenvalue weighted by molar-refractivity contribution is -0.167. The Bertz CT molecular complexity index is 196. The van der Waals surface area contributed by atoms with Crippen LogP contribution in [-0.4, -0.2) is 38.4 Å². The van der Waals surface area contributed by atoms with Crippen LogP contribution >= 0.6 is 0 Å². The topological polar surface area (TPSA) is 61.8 Å². The lowest BCUT2D eigenvalue weighted by Gasteiger charge is -2.19. The molecule has 0 rings (SSSR count). The Labute approximate surface area is 89.7 Å². The Morgan fingerprint density at radius 1 is 1.07 bits per heavy atom. The van der Waals surface area contributed by atoms with Crippen LogP contribution in [0.5, 0.6) is 0 Å². The summed E-state index contributed by atoms with van der Waals surface area (Å²) >= 11 is 0. The van der Waals surface area contributed by atoms with Crippen LogP contribution in [0.1, 0.15) is 20.8 Å². The van der Waals surface area contributed by atoms with Gasteiger partial charge in [0.2, 0.25) is 0 Å². The maximum atomic E-state index is 11.5. The number of hydrogen-bond donors (Lipinski definition) is 0. The summed E-state index contributed by atoms with van der Waals surface area (Å²) in [6.07, 6.45) is -0.553. The SMILES string of the molecule is CCOC(=O)C(C(=O)OCC)C(C)OC. The van der Waals surface area contributed by atoms with Crippen molar-refractivity contribution in [3.63, 3.8) is 0 Å². The molecule has 0 saturated heterocycles. The Hall–Kier alpha value is -1.10. The largest absolute Gasteiger partial charge is 0.465 e. The Morgan fingerprint density at radius 2 is 1.47 bits per heavy atom. The average molecular weight is 218 g/mol. The van der Waals surface area contributed by atoms with Gasteiger partial charge in [-0.2, -0.15) is 0 Å². The van der Waals surface area contributed by atoms with Gasteiger partial charge >= 0.3 is 11.9 Å². The van der Waals surface area contributed by atoms with Crippen molar-refractivity contribution in [2.75, 3.05) is 20.3 Å². The third kappa shape index (κ3) is 4.29. The summed E-state index contributed by atoms with van der Waals surface area (Å²) in [6.45, 7) is 5.43. The van der Waals surface area contributed by atoms with Crippen LogP contribution in [0.2, 0.25) is 0 Å². The number of ether oxygens (including phenoxy) is 3. The summed E-state index contributed by atoms with van der Waals surface area (Å²) < 4.78 is 14.5. The van der Waals surface area contributed by atoms with Crippen LogP contribution in [0.3, 0.4) is 0 Å². The van der Waals surface area contributed by atoms with Gasteiger partial charge in [0.25, 0.3) is 0 Å². The van der Waals surface area contributed by atoms with Gasteiger partial charge < -0.3 is 14.2 Å². The molecule has 5 nitrogen and oxygen atoms in total. The quantitative estimate of drug-likeness (QED) is 0.486. The van der Waals surface area contributed by atoms with Gasteiger partial charge in [0, 0.05) is 7.11 Å². The molecule has 0 bridgehead atoms. The minimum atomic E-state index is -1.00. The van der Waals surface area contributed by atoms with Gasteiger partial charge in [-0.25, -0.2) is 0 Å². The van der Waals surface area contributed by atoms with Gasteiger partial charge in [-0.1, -0.05) is 0 Å². The monoisotopic (exact) mass is 218 g/mol. The standard InChI is InChI=1S/C10H18O5/c1-5-14-9(11)8(7(3)13-4)10(12)15-6-2/h7-8H,5-6H2,1-4H3. The molecule has 0 fully saturated rings. The molecule has 88 valence electrons. The molecular weight excluding hydrogens is 200 g/mol. The highest BCUT2D eigenvalue weighted by atomic mass is 16.6. The minimum Gasteiger partial charge on any atom is -0.465 e. The van der Waals surface area contributed by atoms with Crippen molar-refractivity contribution in [1.82, 2.24) is 0 Å². The normalized spacial score (nSPS) is 12.3. The molecular formula is C10H18O5. The third-order valence-electron chi connectivity index (χ3n) is 1.92. The highest BCUT2D eigenvalue weighted by Crippen LogP contribution is 2.11. The number of methoxy groups -OCH3 is 1. The van der Waals surface area contributed by atoms with Gasteiger partial charge in [-0.05, 0) is 20.8 Å². The number of carbonyl (C=O) groups is 2. The van der Waals surface area contributed by atoms with Gasteiger partial charge in [0.15, 0.2) is 5.92 Å². The molecule has 1 unspecified atom stereocenters. The lowest BCUT2D eigenvalue weighted by atomic mass is 10.0. The van der Waals surface area contributed by atoms with E-state index in [1.807, 2.05) is 0 Å². The maximum Gasteiger partial charge on any atom is 0.323 e. The smallest absolute Gasteiger partial charge is 0.323 e. The molecule has 1 atom stereocenters. The maximum absolute atomic E-state index is 11.5. The zero-order valence-electron chi connectivity index (χ0n) is 9.61. The van der Waals surface area contributed by atoms with Crippen LogP contribution in [0.4, 0.5) is 0 Å². The van der Waals surface area contributed by atoms with E-state index in [2.05, 4.69) is 0 Å². The van der Waals surface area contributed by atoms with E-state index in [1.165, 1.54) is 7.11 Å². The summed E-state index contributed by atoms with van der Waals surface area (Å²) in [5, 5.41) is 0. The Balaban J connectivity index is 4.56. The van der Waals surface area contributed by atoms with E-state index in [1.54, 1.807) is 20.8 Å². The van der Waals surface area contributed by atoms with Crippen LogP contribution in [-0.2, 0) is 23.8 Å². The van der Waals surface area contributed by atoms with Crippen molar-refractivity contribution >= 4 is 11.9 Å². The lowest BCUT2D eigenvalue weighted by Crippen LogP contribution is -2.37. The molecule has 0 N–H and O–H groups in total. The van der Waals surface area contributed by atoms with Crippen molar-refractivity contribution < 1.29 is 23.8 Å². The highest BCUT2D eigenvalue weighted by Gasteiger charge is 2.35. The van der Waals surface area contributed by atoms with E-state index in [0.717, 1.165) is 0 Å². The van der Waals surface area contributed by atoms with E-state index in [4.69, 9.17) is 14.2 Å². The second-order valence-electron chi connectivity index (χ2n) is 2.92. The molecule has 0 radical (unpaired) electrons. The van der Waals surface area contributed by atoms with Gasteiger partial charge in [0.05, 0.1) is 19.3 Å². The number of hydrogen-bond acceptors (Lipinski definition) is 5. The first-order valence-electron chi connectivity index (χ1n) is 4.94. The van der Waals surface area contributed by atoms with Crippen molar-refractivity contribution in [1.29, 1.82) is 0 Å². The van der Waals surface area contributed by atoms with E-state index in [9.17, 15) is 9.59 Å². The molecule has 15 heavy (non-hydrogen) atoms. The summed E-state index contributed by atoms with van der Waals surface area (Å²) in [4.78, 5) is 22.9. The average Bonchev–Trinajstić information content (AvgIpc) is 2.18. The molecule has 0 amide bonds. The fourth-order valence-electron chi connectivity index (χ4n) is 1.08. The summed E-state index contributed by atoms with van der Waals surface area (Å²) in [6, 6.07) is 0. The van der Waals surface area contributed by atoms with E-state index in [-0.39, 0.29) is 13.2 Å². The minimum absolute atomic E-state index is 0.227. The molecule has 0 spiro atoms. The van der Waals surface area contributed by atoms with Crippen LogP contribution in [0.25, 0.3) is 0 Å².